The van der Waals surface area contributed by atoms with Crippen LogP contribution in [0.1, 0.15) is 35.1 Å². The first-order chi connectivity index (χ1) is 12.1. The highest BCUT2D eigenvalue weighted by molar-refractivity contribution is 5.91. The second-order valence-electron chi connectivity index (χ2n) is 6.33. The van der Waals surface area contributed by atoms with Crippen LogP contribution in [-0.2, 0) is 16.8 Å². The molecule has 4 heteroatoms. The SMILES string of the molecule is N#Cc1cccc(C=CC(=O)NCC2(O)CCCc3ccccc32)c1. The van der Waals surface area contributed by atoms with E-state index in [-0.39, 0.29) is 12.5 Å². The number of rotatable bonds is 4. The molecule has 1 aliphatic carbocycles. The second-order valence-corrected chi connectivity index (χ2v) is 6.33. The smallest absolute Gasteiger partial charge is 0.244 e. The average molecular weight is 332 g/mol. The van der Waals surface area contributed by atoms with Gasteiger partial charge in [0.2, 0.25) is 5.91 Å². The lowest BCUT2D eigenvalue weighted by molar-refractivity contribution is -0.118. The zero-order valence-corrected chi connectivity index (χ0v) is 13.9. The van der Waals surface area contributed by atoms with Crippen molar-refractivity contribution in [2.75, 3.05) is 6.54 Å². The normalized spacial score (nSPS) is 19.2. The topological polar surface area (TPSA) is 73.1 Å². The number of amides is 1. The Balaban J connectivity index is 1.65. The number of aryl methyl sites for hydroxylation is 1. The molecule has 0 fully saturated rings. The zero-order chi connectivity index (χ0) is 17.7. The second kappa shape index (κ2) is 7.33. The van der Waals surface area contributed by atoms with E-state index in [1.807, 2.05) is 30.3 Å². The molecule has 0 heterocycles. The van der Waals surface area contributed by atoms with Gasteiger partial charge in [-0.2, -0.15) is 5.26 Å². The molecular formula is C21H20N2O2. The molecule has 126 valence electrons. The van der Waals surface area contributed by atoms with Gasteiger partial charge >= 0.3 is 0 Å². The summed E-state index contributed by atoms with van der Waals surface area (Å²) in [5.41, 5.74) is 2.38. The largest absolute Gasteiger partial charge is 0.383 e. The maximum Gasteiger partial charge on any atom is 0.244 e. The number of nitrogens with one attached hydrogen (secondary N) is 1. The summed E-state index contributed by atoms with van der Waals surface area (Å²) in [7, 11) is 0. The first-order valence-electron chi connectivity index (χ1n) is 8.37. The molecular weight excluding hydrogens is 312 g/mol. The predicted octanol–water partition coefficient (Wildman–Crippen LogP) is 2.91. The highest BCUT2D eigenvalue weighted by Gasteiger charge is 2.34. The molecule has 4 nitrogen and oxygen atoms in total. The molecule has 0 saturated heterocycles. The first kappa shape index (κ1) is 16.9. The van der Waals surface area contributed by atoms with Crippen LogP contribution < -0.4 is 5.32 Å². The van der Waals surface area contributed by atoms with E-state index in [1.165, 1.54) is 6.08 Å². The van der Waals surface area contributed by atoms with E-state index in [1.54, 1.807) is 24.3 Å². The number of benzene rings is 2. The molecule has 1 amide bonds. The monoisotopic (exact) mass is 332 g/mol. The van der Waals surface area contributed by atoms with Crippen molar-refractivity contribution in [2.45, 2.75) is 24.9 Å². The molecule has 2 aromatic carbocycles. The summed E-state index contributed by atoms with van der Waals surface area (Å²) in [5.74, 6) is -0.265. The van der Waals surface area contributed by atoms with Crippen LogP contribution in [0.15, 0.2) is 54.6 Å². The first-order valence-corrected chi connectivity index (χ1v) is 8.37. The molecule has 1 aliphatic rings. The van der Waals surface area contributed by atoms with Gasteiger partial charge in [0.05, 0.1) is 18.2 Å². The van der Waals surface area contributed by atoms with Gasteiger partial charge in [-0.05, 0) is 54.2 Å². The summed E-state index contributed by atoms with van der Waals surface area (Å²) in [4.78, 5) is 12.1. The number of hydrogen-bond donors (Lipinski definition) is 2. The molecule has 1 atom stereocenters. The minimum atomic E-state index is -1.01. The van der Waals surface area contributed by atoms with Crippen molar-refractivity contribution >= 4 is 12.0 Å². The Morgan fingerprint density at radius 2 is 2.12 bits per heavy atom. The Kier molecular flexibility index (Phi) is 4.97. The van der Waals surface area contributed by atoms with Crippen molar-refractivity contribution in [1.29, 1.82) is 5.26 Å². The molecule has 0 bridgehead atoms. The molecule has 0 aromatic heterocycles. The third kappa shape index (κ3) is 3.96. The van der Waals surface area contributed by atoms with Gasteiger partial charge in [0.1, 0.15) is 5.60 Å². The van der Waals surface area contributed by atoms with E-state index in [0.717, 1.165) is 29.5 Å². The number of aliphatic hydroxyl groups is 1. The summed E-state index contributed by atoms with van der Waals surface area (Å²) in [5, 5.41) is 22.6. The van der Waals surface area contributed by atoms with E-state index in [2.05, 4.69) is 11.4 Å². The van der Waals surface area contributed by atoms with Crippen molar-refractivity contribution in [3.63, 3.8) is 0 Å². The van der Waals surface area contributed by atoms with Gasteiger partial charge in [0.15, 0.2) is 0 Å². The molecule has 25 heavy (non-hydrogen) atoms. The number of nitrogens with zero attached hydrogens (tertiary/aromatic N) is 1. The van der Waals surface area contributed by atoms with Crippen LogP contribution in [0.4, 0.5) is 0 Å². The lowest BCUT2D eigenvalue weighted by Gasteiger charge is -2.34. The molecule has 2 N–H and O–H groups in total. The van der Waals surface area contributed by atoms with E-state index >= 15 is 0 Å². The number of hydrogen-bond acceptors (Lipinski definition) is 3. The third-order valence-corrected chi connectivity index (χ3v) is 4.55. The number of carbonyl (C=O) groups excluding carboxylic acids is 1. The lowest BCUT2D eigenvalue weighted by atomic mass is 9.79. The highest BCUT2D eigenvalue weighted by Crippen LogP contribution is 2.34. The fourth-order valence-electron chi connectivity index (χ4n) is 3.26. The predicted molar refractivity (Wildman–Crippen MR) is 96.5 cm³/mol. The Morgan fingerprint density at radius 1 is 1.28 bits per heavy atom. The molecule has 2 aromatic rings. The van der Waals surface area contributed by atoms with Gasteiger partial charge in [-0.25, -0.2) is 0 Å². The minimum Gasteiger partial charge on any atom is -0.383 e. The van der Waals surface area contributed by atoms with Gasteiger partial charge in [0, 0.05) is 6.08 Å². The van der Waals surface area contributed by atoms with Crippen LogP contribution in [0.3, 0.4) is 0 Å². The standard InChI is InChI=1S/C21H20N2O2/c22-14-17-6-3-5-16(13-17)10-11-20(24)23-15-21(25)12-4-8-18-7-1-2-9-19(18)21/h1-3,5-7,9-11,13,25H,4,8,12,15H2,(H,23,24). The van der Waals surface area contributed by atoms with Gasteiger partial charge in [-0.3, -0.25) is 4.79 Å². The molecule has 3 rings (SSSR count). The van der Waals surface area contributed by atoms with Crippen LogP contribution in [0, 0.1) is 11.3 Å². The molecule has 0 radical (unpaired) electrons. The van der Waals surface area contributed by atoms with Crippen LogP contribution in [0.2, 0.25) is 0 Å². The Hall–Kier alpha value is -2.90. The van der Waals surface area contributed by atoms with Crippen molar-refractivity contribution in [3.8, 4) is 6.07 Å². The quantitative estimate of drug-likeness (QED) is 0.846. The van der Waals surface area contributed by atoms with Crippen molar-refractivity contribution in [1.82, 2.24) is 5.32 Å². The summed E-state index contributed by atoms with van der Waals surface area (Å²) in [6, 6.07) is 17.0. The van der Waals surface area contributed by atoms with Gasteiger partial charge in [0.25, 0.3) is 0 Å². The number of carbonyl (C=O) groups is 1. The highest BCUT2D eigenvalue weighted by atomic mass is 16.3. The summed E-state index contributed by atoms with van der Waals surface area (Å²) in [6.45, 7) is 0.186. The van der Waals surface area contributed by atoms with Crippen LogP contribution in [0.5, 0.6) is 0 Å². The van der Waals surface area contributed by atoms with Gasteiger partial charge in [-0.1, -0.05) is 36.4 Å². The van der Waals surface area contributed by atoms with Crippen molar-refractivity contribution in [2.24, 2.45) is 0 Å². The molecule has 1 unspecified atom stereocenters. The fraction of sp³-hybridized carbons (Fsp3) is 0.238. The molecule has 0 saturated carbocycles. The fourth-order valence-corrected chi connectivity index (χ4v) is 3.26. The van der Waals surface area contributed by atoms with Crippen LogP contribution in [-0.4, -0.2) is 17.6 Å². The minimum absolute atomic E-state index is 0.186. The van der Waals surface area contributed by atoms with Crippen LogP contribution >= 0.6 is 0 Å². The van der Waals surface area contributed by atoms with Gasteiger partial charge < -0.3 is 10.4 Å². The lowest BCUT2D eigenvalue weighted by Crippen LogP contribution is -2.42. The maximum atomic E-state index is 12.1. The summed E-state index contributed by atoms with van der Waals surface area (Å²) in [6.07, 6.45) is 5.59. The molecule has 0 spiro atoms. The summed E-state index contributed by atoms with van der Waals surface area (Å²) >= 11 is 0. The Bertz CT molecular complexity index is 851. The summed E-state index contributed by atoms with van der Waals surface area (Å²) < 4.78 is 0. The van der Waals surface area contributed by atoms with E-state index in [0.29, 0.717) is 12.0 Å². The Morgan fingerprint density at radius 3 is 2.96 bits per heavy atom. The van der Waals surface area contributed by atoms with Crippen molar-refractivity contribution < 1.29 is 9.90 Å². The Labute approximate surface area is 147 Å². The molecule has 0 aliphatic heterocycles. The average Bonchev–Trinajstić information content (AvgIpc) is 2.65. The van der Waals surface area contributed by atoms with E-state index < -0.39 is 5.60 Å². The van der Waals surface area contributed by atoms with Crippen molar-refractivity contribution in [3.05, 3.63) is 76.9 Å². The zero-order valence-electron chi connectivity index (χ0n) is 13.9. The number of fused-ring (bicyclic) bond motifs is 1. The van der Waals surface area contributed by atoms with E-state index in [4.69, 9.17) is 5.26 Å². The number of nitriles is 1. The van der Waals surface area contributed by atoms with E-state index in [9.17, 15) is 9.90 Å². The van der Waals surface area contributed by atoms with Crippen LogP contribution in [0.25, 0.3) is 6.08 Å². The maximum absolute atomic E-state index is 12.1. The third-order valence-electron chi connectivity index (χ3n) is 4.55. The van der Waals surface area contributed by atoms with Gasteiger partial charge in [-0.15, -0.1) is 0 Å².